The number of piperazine rings is 1. The average Bonchev–Trinajstić information content (AvgIpc) is 3.07. The Labute approximate surface area is 170 Å². The molecule has 0 spiro atoms. The number of ether oxygens (including phenoxy) is 1. The predicted octanol–water partition coefficient (Wildman–Crippen LogP) is 2.32. The molecule has 0 unspecified atom stereocenters. The van der Waals surface area contributed by atoms with E-state index in [0.29, 0.717) is 12.3 Å². The van der Waals surface area contributed by atoms with E-state index < -0.39 is 0 Å². The zero-order chi connectivity index (χ0) is 20.2. The summed E-state index contributed by atoms with van der Waals surface area (Å²) >= 11 is 0. The number of carbonyl (C=O) groups is 2. The van der Waals surface area contributed by atoms with Gasteiger partial charge in [0, 0.05) is 32.4 Å². The summed E-state index contributed by atoms with van der Waals surface area (Å²) in [6, 6.07) is 12.7. The van der Waals surface area contributed by atoms with Crippen LogP contribution in [0.2, 0.25) is 0 Å². The van der Waals surface area contributed by atoms with E-state index in [1.165, 1.54) is 4.90 Å². The molecule has 2 fully saturated rings. The van der Waals surface area contributed by atoms with Crippen LogP contribution in [0.5, 0.6) is 5.75 Å². The fraction of sp³-hybridized carbons (Fsp3) is 0.409. The second-order valence-electron chi connectivity index (χ2n) is 7.34. The van der Waals surface area contributed by atoms with E-state index in [0.717, 1.165) is 44.2 Å². The molecule has 2 aliphatic heterocycles. The SMILES string of the molecule is CCCOc1ccc(N2C(=O)C[C@@H](N3CCN(c4ccccn4)CC3)C2=O)cc1. The third-order valence-corrected chi connectivity index (χ3v) is 5.42. The Balaban J connectivity index is 1.39. The number of benzene rings is 1. The average molecular weight is 394 g/mol. The lowest BCUT2D eigenvalue weighted by Gasteiger charge is -2.37. The van der Waals surface area contributed by atoms with Gasteiger partial charge in [0.25, 0.3) is 5.91 Å². The standard InChI is InChI=1S/C22H26N4O3/c1-2-15-29-18-8-6-17(7-9-18)26-21(27)16-19(22(26)28)24-11-13-25(14-12-24)20-5-3-4-10-23-20/h3-10,19H,2,11-16H2,1H3/t19-/m1/s1. The van der Waals surface area contributed by atoms with Crippen molar-refractivity contribution in [2.24, 2.45) is 0 Å². The van der Waals surface area contributed by atoms with E-state index in [1.807, 2.05) is 37.3 Å². The molecule has 0 N–H and O–H groups in total. The minimum atomic E-state index is -0.385. The van der Waals surface area contributed by atoms with Crippen LogP contribution in [-0.2, 0) is 9.59 Å². The summed E-state index contributed by atoms with van der Waals surface area (Å²) in [6.07, 6.45) is 2.95. The Morgan fingerprint density at radius 3 is 2.45 bits per heavy atom. The molecule has 7 nitrogen and oxygen atoms in total. The molecule has 0 bridgehead atoms. The lowest BCUT2D eigenvalue weighted by molar-refractivity contribution is -0.123. The van der Waals surface area contributed by atoms with Gasteiger partial charge in [-0.2, -0.15) is 0 Å². The van der Waals surface area contributed by atoms with Crippen LogP contribution in [0, 0.1) is 0 Å². The molecule has 1 aromatic heterocycles. The first kappa shape index (κ1) is 19.4. The summed E-state index contributed by atoms with van der Waals surface area (Å²) in [5.74, 6) is 1.42. The number of hydrogen-bond donors (Lipinski definition) is 0. The maximum absolute atomic E-state index is 13.0. The minimum Gasteiger partial charge on any atom is -0.494 e. The Hall–Kier alpha value is -2.93. The van der Waals surface area contributed by atoms with Gasteiger partial charge in [-0.25, -0.2) is 9.88 Å². The summed E-state index contributed by atoms with van der Waals surface area (Å²) in [5.41, 5.74) is 0.610. The second kappa shape index (κ2) is 8.61. The van der Waals surface area contributed by atoms with Gasteiger partial charge in [-0.1, -0.05) is 13.0 Å². The molecule has 152 valence electrons. The third kappa shape index (κ3) is 4.10. The van der Waals surface area contributed by atoms with Crippen LogP contribution in [-0.4, -0.2) is 60.5 Å². The molecule has 0 saturated carbocycles. The summed E-state index contributed by atoms with van der Waals surface area (Å²) in [7, 11) is 0. The third-order valence-electron chi connectivity index (χ3n) is 5.42. The monoisotopic (exact) mass is 394 g/mol. The molecule has 1 atom stereocenters. The lowest BCUT2D eigenvalue weighted by atomic mass is 10.1. The van der Waals surface area contributed by atoms with Crippen molar-refractivity contribution in [1.29, 1.82) is 0 Å². The molecule has 2 aromatic rings. The van der Waals surface area contributed by atoms with Gasteiger partial charge in [0.05, 0.1) is 24.8 Å². The zero-order valence-corrected chi connectivity index (χ0v) is 16.7. The molecule has 0 radical (unpaired) electrons. The minimum absolute atomic E-state index is 0.136. The van der Waals surface area contributed by atoms with Gasteiger partial charge >= 0.3 is 0 Å². The van der Waals surface area contributed by atoms with Crippen molar-refractivity contribution in [3.63, 3.8) is 0 Å². The van der Waals surface area contributed by atoms with Gasteiger partial charge in [-0.15, -0.1) is 0 Å². The Morgan fingerprint density at radius 2 is 1.79 bits per heavy atom. The smallest absolute Gasteiger partial charge is 0.251 e. The highest BCUT2D eigenvalue weighted by Gasteiger charge is 2.43. The van der Waals surface area contributed by atoms with E-state index in [-0.39, 0.29) is 24.3 Å². The highest BCUT2D eigenvalue weighted by Crippen LogP contribution is 2.28. The van der Waals surface area contributed by atoms with Gasteiger partial charge in [0.15, 0.2) is 0 Å². The second-order valence-corrected chi connectivity index (χ2v) is 7.34. The summed E-state index contributed by atoms with van der Waals surface area (Å²) in [4.78, 5) is 35.7. The van der Waals surface area contributed by atoms with Crippen molar-refractivity contribution in [3.8, 4) is 5.75 Å². The van der Waals surface area contributed by atoms with Crippen LogP contribution in [0.15, 0.2) is 48.7 Å². The molecular weight excluding hydrogens is 368 g/mol. The van der Waals surface area contributed by atoms with Crippen molar-refractivity contribution in [1.82, 2.24) is 9.88 Å². The number of hydrogen-bond acceptors (Lipinski definition) is 6. The Morgan fingerprint density at radius 1 is 1.03 bits per heavy atom. The molecule has 2 saturated heterocycles. The highest BCUT2D eigenvalue weighted by atomic mass is 16.5. The fourth-order valence-corrected chi connectivity index (χ4v) is 3.89. The topological polar surface area (TPSA) is 66.0 Å². The summed E-state index contributed by atoms with van der Waals surface area (Å²) in [5, 5.41) is 0. The van der Waals surface area contributed by atoms with Crippen LogP contribution >= 0.6 is 0 Å². The van der Waals surface area contributed by atoms with E-state index in [9.17, 15) is 9.59 Å². The summed E-state index contributed by atoms with van der Waals surface area (Å²) in [6.45, 7) is 5.74. The molecule has 4 rings (SSSR count). The van der Waals surface area contributed by atoms with Gasteiger partial charge in [-0.05, 0) is 42.8 Å². The van der Waals surface area contributed by atoms with Gasteiger partial charge in [0.2, 0.25) is 5.91 Å². The number of amides is 2. The van der Waals surface area contributed by atoms with E-state index in [2.05, 4.69) is 14.8 Å². The van der Waals surface area contributed by atoms with Crippen molar-refractivity contribution in [2.75, 3.05) is 42.6 Å². The van der Waals surface area contributed by atoms with E-state index in [1.54, 1.807) is 18.3 Å². The first-order chi connectivity index (χ1) is 14.2. The molecule has 3 heterocycles. The highest BCUT2D eigenvalue weighted by molar-refractivity contribution is 6.22. The largest absolute Gasteiger partial charge is 0.494 e. The Bertz CT molecular complexity index is 848. The van der Waals surface area contributed by atoms with Crippen molar-refractivity contribution >= 4 is 23.3 Å². The van der Waals surface area contributed by atoms with Crippen LogP contribution < -0.4 is 14.5 Å². The van der Waals surface area contributed by atoms with Crippen LogP contribution in [0.3, 0.4) is 0 Å². The van der Waals surface area contributed by atoms with Gasteiger partial charge < -0.3 is 9.64 Å². The first-order valence-electron chi connectivity index (χ1n) is 10.2. The molecule has 7 heteroatoms. The number of pyridine rings is 1. The Kier molecular flexibility index (Phi) is 5.76. The molecule has 2 amide bonds. The lowest BCUT2D eigenvalue weighted by Crippen LogP contribution is -2.52. The first-order valence-corrected chi connectivity index (χ1v) is 10.2. The molecular formula is C22H26N4O3. The molecule has 29 heavy (non-hydrogen) atoms. The molecule has 1 aromatic carbocycles. The normalized spacial score (nSPS) is 20.4. The maximum atomic E-state index is 13.0. The number of rotatable bonds is 6. The molecule has 0 aliphatic carbocycles. The van der Waals surface area contributed by atoms with Crippen LogP contribution in [0.4, 0.5) is 11.5 Å². The van der Waals surface area contributed by atoms with Gasteiger partial charge in [0.1, 0.15) is 11.6 Å². The van der Waals surface area contributed by atoms with Crippen LogP contribution in [0.25, 0.3) is 0 Å². The zero-order valence-electron chi connectivity index (χ0n) is 16.7. The number of nitrogens with zero attached hydrogens (tertiary/aromatic N) is 4. The van der Waals surface area contributed by atoms with Crippen LogP contribution in [0.1, 0.15) is 19.8 Å². The number of anilines is 2. The number of imide groups is 1. The number of aromatic nitrogens is 1. The van der Waals surface area contributed by atoms with E-state index >= 15 is 0 Å². The predicted molar refractivity (Wildman–Crippen MR) is 111 cm³/mol. The maximum Gasteiger partial charge on any atom is 0.251 e. The fourth-order valence-electron chi connectivity index (χ4n) is 3.89. The van der Waals surface area contributed by atoms with Gasteiger partial charge in [-0.3, -0.25) is 14.5 Å². The van der Waals surface area contributed by atoms with Crippen molar-refractivity contribution in [2.45, 2.75) is 25.8 Å². The van der Waals surface area contributed by atoms with Crippen molar-refractivity contribution < 1.29 is 14.3 Å². The van der Waals surface area contributed by atoms with Crippen molar-refractivity contribution in [3.05, 3.63) is 48.7 Å². The van der Waals surface area contributed by atoms with E-state index in [4.69, 9.17) is 4.74 Å². The quantitative estimate of drug-likeness (QED) is 0.701. The molecule has 2 aliphatic rings. The summed E-state index contributed by atoms with van der Waals surface area (Å²) < 4.78 is 5.58. The number of carbonyl (C=O) groups excluding carboxylic acids is 2.